The van der Waals surface area contributed by atoms with Crippen molar-refractivity contribution in [2.24, 2.45) is 0 Å². The Kier molecular flexibility index (Phi) is 6.24. The van der Waals surface area contributed by atoms with Crippen LogP contribution in [0.4, 0.5) is 4.39 Å². The van der Waals surface area contributed by atoms with E-state index in [1.807, 2.05) is 0 Å². The number of hydrogen-bond donors (Lipinski definition) is 1. The van der Waals surface area contributed by atoms with Crippen molar-refractivity contribution in [2.45, 2.75) is 12.8 Å². The molecule has 0 atom stereocenters. The van der Waals surface area contributed by atoms with Crippen LogP contribution >= 0.6 is 11.6 Å². The predicted octanol–water partition coefficient (Wildman–Crippen LogP) is 2.18. The molecule has 0 aliphatic heterocycles. The Morgan fingerprint density at radius 2 is 2.15 bits per heavy atom. The minimum absolute atomic E-state index is 0.00225. The molecule has 20 heavy (non-hydrogen) atoms. The summed E-state index contributed by atoms with van der Waals surface area (Å²) in [6, 6.07) is 3.62. The predicted molar refractivity (Wildman–Crippen MR) is 71.4 cm³/mol. The van der Waals surface area contributed by atoms with Crippen molar-refractivity contribution in [2.75, 3.05) is 20.2 Å². The van der Waals surface area contributed by atoms with Gasteiger partial charge >= 0.3 is 5.97 Å². The quantitative estimate of drug-likeness (QED) is 0.838. The normalized spacial score (nSPS) is 10.2. The molecule has 1 aromatic carbocycles. The Balaban J connectivity index is 2.40. The highest BCUT2D eigenvalue weighted by molar-refractivity contribution is 6.32. The lowest BCUT2D eigenvalue weighted by Crippen LogP contribution is -2.32. The average molecular weight is 304 g/mol. The van der Waals surface area contributed by atoms with Crippen LogP contribution in [0.3, 0.4) is 0 Å². The fourth-order valence-electron chi connectivity index (χ4n) is 1.43. The largest absolute Gasteiger partial charge is 0.482 e. The molecule has 0 aliphatic carbocycles. The van der Waals surface area contributed by atoms with Gasteiger partial charge < -0.3 is 14.7 Å². The van der Waals surface area contributed by atoms with Crippen LogP contribution in [-0.4, -0.2) is 42.1 Å². The van der Waals surface area contributed by atoms with Crippen molar-refractivity contribution in [1.29, 1.82) is 0 Å². The maximum Gasteiger partial charge on any atom is 0.303 e. The highest BCUT2D eigenvalue weighted by atomic mass is 35.5. The maximum atomic E-state index is 12.8. The molecular formula is C13H15ClFNO4. The van der Waals surface area contributed by atoms with Gasteiger partial charge in [0, 0.05) is 20.0 Å². The fourth-order valence-corrected chi connectivity index (χ4v) is 1.66. The van der Waals surface area contributed by atoms with Gasteiger partial charge in [0.25, 0.3) is 5.91 Å². The summed E-state index contributed by atoms with van der Waals surface area (Å²) in [6.45, 7) is 0.0839. The van der Waals surface area contributed by atoms with E-state index in [0.29, 0.717) is 13.0 Å². The fraction of sp³-hybridized carbons (Fsp3) is 0.385. The van der Waals surface area contributed by atoms with Gasteiger partial charge in [-0.15, -0.1) is 0 Å². The SMILES string of the molecule is CN(CCCC(=O)O)C(=O)COc1ccc(F)cc1Cl. The average Bonchev–Trinajstić information content (AvgIpc) is 2.36. The number of aliphatic carboxylic acids is 1. The second-order valence-electron chi connectivity index (χ2n) is 4.18. The molecular weight excluding hydrogens is 289 g/mol. The van der Waals surface area contributed by atoms with E-state index in [-0.39, 0.29) is 29.7 Å². The number of likely N-dealkylation sites (N-methyl/N-ethyl adjacent to an activating group) is 1. The molecule has 0 bridgehead atoms. The number of amides is 1. The second kappa shape index (κ2) is 7.69. The maximum absolute atomic E-state index is 12.8. The number of carbonyl (C=O) groups is 2. The minimum Gasteiger partial charge on any atom is -0.482 e. The molecule has 0 spiro atoms. The first-order valence-electron chi connectivity index (χ1n) is 5.93. The number of carbonyl (C=O) groups excluding carboxylic acids is 1. The highest BCUT2D eigenvalue weighted by Gasteiger charge is 2.11. The highest BCUT2D eigenvalue weighted by Crippen LogP contribution is 2.24. The lowest BCUT2D eigenvalue weighted by Gasteiger charge is -2.17. The van der Waals surface area contributed by atoms with E-state index in [2.05, 4.69) is 0 Å². The molecule has 1 amide bonds. The van der Waals surface area contributed by atoms with Crippen molar-refractivity contribution in [3.63, 3.8) is 0 Å². The third-order valence-corrected chi connectivity index (χ3v) is 2.85. The van der Waals surface area contributed by atoms with Gasteiger partial charge in [-0.05, 0) is 24.6 Å². The molecule has 0 aromatic heterocycles. The molecule has 0 aliphatic rings. The molecule has 7 heteroatoms. The van der Waals surface area contributed by atoms with E-state index in [9.17, 15) is 14.0 Å². The van der Waals surface area contributed by atoms with E-state index < -0.39 is 11.8 Å². The van der Waals surface area contributed by atoms with Gasteiger partial charge in [-0.1, -0.05) is 11.6 Å². The Bertz CT molecular complexity index is 495. The molecule has 1 aromatic rings. The Morgan fingerprint density at radius 3 is 2.75 bits per heavy atom. The number of halogens is 2. The first-order chi connectivity index (χ1) is 9.40. The van der Waals surface area contributed by atoms with Crippen LogP contribution in [0.5, 0.6) is 5.75 Å². The summed E-state index contributed by atoms with van der Waals surface area (Å²) in [5, 5.41) is 8.59. The van der Waals surface area contributed by atoms with Crippen LogP contribution in [0.1, 0.15) is 12.8 Å². The first-order valence-corrected chi connectivity index (χ1v) is 6.31. The number of carboxylic acid groups (broad SMARTS) is 1. The summed E-state index contributed by atoms with van der Waals surface area (Å²) < 4.78 is 18.0. The second-order valence-corrected chi connectivity index (χ2v) is 4.58. The van der Waals surface area contributed by atoms with E-state index >= 15 is 0 Å². The van der Waals surface area contributed by atoms with Gasteiger partial charge in [0.15, 0.2) is 6.61 Å². The number of nitrogens with zero attached hydrogens (tertiary/aromatic N) is 1. The van der Waals surface area contributed by atoms with Crippen LogP contribution in [-0.2, 0) is 9.59 Å². The van der Waals surface area contributed by atoms with E-state index in [1.54, 1.807) is 7.05 Å². The van der Waals surface area contributed by atoms with Gasteiger partial charge in [0.2, 0.25) is 0 Å². The standard InChI is InChI=1S/C13H15ClFNO4/c1-16(6-2-3-13(18)19)12(17)8-20-11-5-4-9(15)7-10(11)14/h4-5,7H,2-3,6,8H2,1H3,(H,18,19). The molecule has 0 unspecified atom stereocenters. The Labute approximate surface area is 120 Å². The molecule has 110 valence electrons. The third-order valence-electron chi connectivity index (χ3n) is 2.55. The molecule has 0 saturated heterocycles. The molecule has 0 saturated carbocycles. The van der Waals surface area contributed by atoms with Gasteiger partial charge in [-0.2, -0.15) is 0 Å². The molecule has 0 heterocycles. The van der Waals surface area contributed by atoms with Crippen molar-refractivity contribution in [3.05, 3.63) is 29.0 Å². The summed E-state index contributed by atoms with van der Waals surface area (Å²) in [6.07, 6.45) is 0.372. The van der Waals surface area contributed by atoms with Crippen LogP contribution in [0.25, 0.3) is 0 Å². The van der Waals surface area contributed by atoms with Gasteiger partial charge in [-0.25, -0.2) is 4.39 Å². The molecule has 5 nitrogen and oxygen atoms in total. The van der Waals surface area contributed by atoms with E-state index in [1.165, 1.54) is 17.0 Å². The first kappa shape index (κ1) is 16.2. The Morgan fingerprint density at radius 1 is 1.45 bits per heavy atom. The molecule has 0 fully saturated rings. The van der Waals surface area contributed by atoms with Crippen LogP contribution in [0.2, 0.25) is 5.02 Å². The van der Waals surface area contributed by atoms with Crippen molar-refractivity contribution in [1.82, 2.24) is 4.90 Å². The van der Waals surface area contributed by atoms with Gasteiger partial charge in [-0.3, -0.25) is 9.59 Å². The minimum atomic E-state index is -0.903. The third kappa shape index (κ3) is 5.44. The summed E-state index contributed by atoms with van der Waals surface area (Å²) in [4.78, 5) is 23.4. The van der Waals surface area contributed by atoms with Gasteiger partial charge in [0.05, 0.1) is 5.02 Å². The van der Waals surface area contributed by atoms with E-state index in [4.69, 9.17) is 21.4 Å². The summed E-state index contributed by atoms with van der Waals surface area (Å²) >= 11 is 5.76. The summed E-state index contributed by atoms with van der Waals surface area (Å²) in [7, 11) is 1.56. The lowest BCUT2D eigenvalue weighted by atomic mass is 10.3. The van der Waals surface area contributed by atoms with Crippen LogP contribution in [0, 0.1) is 5.82 Å². The lowest BCUT2D eigenvalue weighted by molar-refractivity contribution is -0.138. The monoisotopic (exact) mass is 303 g/mol. The topological polar surface area (TPSA) is 66.8 Å². The molecule has 1 N–H and O–H groups in total. The van der Waals surface area contributed by atoms with Gasteiger partial charge in [0.1, 0.15) is 11.6 Å². The smallest absolute Gasteiger partial charge is 0.303 e. The zero-order chi connectivity index (χ0) is 15.1. The zero-order valence-electron chi connectivity index (χ0n) is 10.9. The number of benzene rings is 1. The summed E-state index contributed by atoms with van der Waals surface area (Å²) in [5.41, 5.74) is 0. The van der Waals surface area contributed by atoms with Crippen LogP contribution < -0.4 is 4.74 Å². The van der Waals surface area contributed by atoms with Crippen molar-refractivity contribution < 1.29 is 23.8 Å². The number of carboxylic acids is 1. The number of hydrogen-bond acceptors (Lipinski definition) is 3. The number of ether oxygens (including phenoxy) is 1. The van der Waals surface area contributed by atoms with Crippen LogP contribution in [0.15, 0.2) is 18.2 Å². The molecule has 0 radical (unpaired) electrons. The van der Waals surface area contributed by atoms with Crippen molar-refractivity contribution in [3.8, 4) is 5.75 Å². The Hall–Kier alpha value is -1.82. The summed E-state index contributed by atoms with van der Waals surface area (Å²) in [5.74, 6) is -1.48. The molecule has 1 rings (SSSR count). The van der Waals surface area contributed by atoms with E-state index in [0.717, 1.165) is 6.07 Å². The zero-order valence-corrected chi connectivity index (χ0v) is 11.7. The number of rotatable bonds is 7. The van der Waals surface area contributed by atoms with Crippen molar-refractivity contribution >= 4 is 23.5 Å².